The van der Waals surface area contributed by atoms with Crippen molar-refractivity contribution in [3.63, 3.8) is 0 Å². The molecular weight excluding hydrogens is 252 g/mol. The summed E-state index contributed by atoms with van der Waals surface area (Å²) >= 11 is 3.42. The molecule has 0 unspecified atom stereocenters. The highest BCUT2D eigenvalue weighted by atomic mass is 79.9. The molecule has 1 aromatic carbocycles. The van der Waals surface area contributed by atoms with E-state index in [0.717, 1.165) is 22.2 Å². The van der Waals surface area contributed by atoms with E-state index in [-0.39, 0.29) is 0 Å². The normalized spacial score (nSPS) is 10.3. The number of rotatable bonds is 2. The van der Waals surface area contributed by atoms with E-state index in [1.165, 1.54) is 5.56 Å². The van der Waals surface area contributed by atoms with Gasteiger partial charge in [0.2, 0.25) is 0 Å². The lowest BCUT2D eigenvalue weighted by Crippen LogP contribution is -1.92. The molecule has 2 aromatic rings. The van der Waals surface area contributed by atoms with Crippen LogP contribution in [0.2, 0.25) is 0 Å². The Balaban J connectivity index is 2.49. The molecule has 0 spiro atoms. The summed E-state index contributed by atoms with van der Waals surface area (Å²) in [6.45, 7) is 2.11. The average Bonchev–Trinajstić information content (AvgIpc) is 2.30. The molecular formula is C12H11BrN2. The van der Waals surface area contributed by atoms with Gasteiger partial charge in [0.05, 0.1) is 5.69 Å². The monoisotopic (exact) mass is 262 g/mol. The number of hydrogen-bond acceptors (Lipinski definition) is 2. The highest BCUT2D eigenvalue weighted by Gasteiger charge is 2.04. The first-order valence-electron chi connectivity index (χ1n) is 4.86. The molecule has 15 heavy (non-hydrogen) atoms. The molecule has 2 nitrogen and oxygen atoms in total. The van der Waals surface area contributed by atoms with Crippen molar-refractivity contribution in [2.75, 3.05) is 0 Å². The maximum Gasteiger partial charge on any atom is 0.116 e. The molecule has 0 aliphatic rings. The number of nitrogens with zero attached hydrogens (tertiary/aromatic N) is 2. The van der Waals surface area contributed by atoms with E-state index >= 15 is 0 Å². The molecule has 76 valence electrons. The lowest BCUT2D eigenvalue weighted by molar-refractivity contribution is 1.05. The van der Waals surface area contributed by atoms with Gasteiger partial charge in [-0.2, -0.15) is 0 Å². The third kappa shape index (κ3) is 2.23. The smallest absolute Gasteiger partial charge is 0.116 e. The first-order valence-corrected chi connectivity index (χ1v) is 5.65. The van der Waals surface area contributed by atoms with E-state index in [1.54, 1.807) is 6.33 Å². The Morgan fingerprint density at radius 3 is 2.60 bits per heavy atom. The van der Waals surface area contributed by atoms with Crippen LogP contribution in [-0.4, -0.2) is 9.97 Å². The number of aromatic nitrogens is 2. The Morgan fingerprint density at radius 1 is 1.20 bits per heavy atom. The number of halogens is 1. The minimum absolute atomic E-state index is 0.951. The fraction of sp³-hybridized carbons (Fsp3) is 0.167. The second kappa shape index (κ2) is 4.53. The molecule has 0 radical (unpaired) electrons. The summed E-state index contributed by atoms with van der Waals surface area (Å²) in [7, 11) is 0. The first-order chi connectivity index (χ1) is 7.31. The van der Waals surface area contributed by atoms with E-state index < -0.39 is 0 Å². The molecule has 0 N–H and O–H groups in total. The lowest BCUT2D eigenvalue weighted by atomic mass is 10.1. The van der Waals surface area contributed by atoms with Gasteiger partial charge >= 0.3 is 0 Å². The summed E-state index contributed by atoms with van der Waals surface area (Å²) in [6.07, 6.45) is 4.42. The van der Waals surface area contributed by atoms with Crippen molar-refractivity contribution >= 4 is 15.9 Å². The highest BCUT2D eigenvalue weighted by molar-refractivity contribution is 9.10. The molecule has 0 saturated heterocycles. The molecule has 0 bridgehead atoms. The Kier molecular flexibility index (Phi) is 3.11. The van der Waals surface area contributed by atoms with Crippen molar-refractivity contribution in [1.82, 2.24) is 9.97 Å². The summed E-state index contributed by atoms with van der Waals surface area (Å²) in [5, 5.41) is 0. The molecule has 1 aromatic heterocycles. The second-order valence-corrected chi connectivity index (χ2v) is 4.17. The van der Waals surface area contributed by atoms with Crippen molar-refractivity contribution in [3.8, 4) is 11.3 Å². The van der Waals surface area contributed by atoms with Crippen LogP contribution in [-0.2, 0) is 6.42 Å². The molecule has 2 rings (SSSR count). The van der Waals surface area contributed by atoms with Crippen molar-refractivity contribution in [2.24, 2.45) is 0 Å². The minimum atomic E-state index is 0.951. The zero-order valence-corrected chi connectivity index (χ0v) is 10.0. The van der Waals surface area contributed by atoms with Gasteiger partial charge in [-0.25, -0.2) is 9.97 Å². The predicted molar refractivity (Wildman–Crippen MR) is 64.5 cm³/mol. The molecule has 0 saturated carbocycles. The van der Waals surface area contributed by atoms with E-state index in [0.29, 0.717) is 0 Å². The molecule has 0 aliphatic heterocycles. The summed E-state index contributed by atoms with van der Waals surface area (Å²) in [5.41, 5.74) is 3.34. The van der Waals surface area contributed by atoms with Crippen LogP contribution in [0.1, 0.15) is 12.5 Å². The van der Waals surface area contributed by atoms with Gasteiger partial charge in [0, 0.05) is 16.2 Å². The number of benzene rings is 1. The van der Waals surface area contributed by atoms with Gasteiger partial charge in [0.1, 0.15) is 6.33 Å². The van der Waals surface area contributed by atoms with Gasteiger partial charge in [0.25, 0.3) is 0 Å². The molecule has 0 fully saturated rings. The summed E-state index contributed by atoms with van der Waals surface area (Å²) in [5.74, 6) is 0. The van der Waals surface area contributed by atoms with Gasteiger partial charge < -0.3 is 0 Å². The van der Waals surface area contributed by atoms with E-state index in [4.69, 9.17) is 0 Å². The van der Waals surface area contributed by atoms with Crippen LogP contribution >= 0.6 is 15.9 Å². The zero-order valence-electron chi connectivity index (χ0n) is 8.44. The largest absolute Gasteiger partial charge is 0.244 e. The Morgan fingerprint density at radius 2 is 1.93 bits per heavy atom. The lowest BCUT2D eigenvalue weighted by Gasteiger charge is -2.05. The predicted octanol–water partition coefficient (Wildman–Crippen LogP) is 3.47. The van der Waals surface area contributed by atoms with Crippen LogP contribution in [0.5, 0.6) is 0 Å². The van der Waals surface area contributed by atoms with Crippen molar-refractivity contribution < 1.29 is 0 Å². The third-order valence-electron chi connectivity index (χ3n) is 2.29. The van der Waals surface area contributed by atoms with Crippen LogP contribution in [0, 0.1) is 0 Å². The maximum absolute atomic E-state index is 4.32. The number of hydrogen-bond donors (Lipinski definition) is 0. The van der Waals surface area contributed by atoms with Gasteiger partial charge in [-0.3, -0.25) is 0 Å². The van der Waals surface area contributed by atoms with Crippen LogP contribution in [0.3, 0.4) is 0 Å². The molecule has 0 aliphatic carbocycles. The van der Waals surface area contributed by atoms with Crippen LogP contribution in [0.25, 0.3) is 11.3 Å². The molecule has 0 atom stereocenters. The molecule has 1 heterocycles. The second-order valence-electron chi connectivity index (χ2n) is 3.26. The Labute approximate surface area is 97.5 Å². The van der Waals surface area contributed by atoms with Crippen molar-refractivity contribution in [1.29, 1.82) is 0 Å². The minimum Gasteiger partial charge on any atom is -0.244 e. The standard InChI is InChI=1S/C12H11BrN2/c1-2-9-7-14-8-15-12(9)10-3-5-11(13)6-4-10/h3-8H,2H2,1H3. The van der Waals surface area contributed by atoms with E-state index in [2.05, 4.69) is 45.0 Å². The van der Waals surface area contributed by atoms with Gasteiger partial charge in [0.15, 0.2) is 0 Å². The summed E-state index contributed by atoms with van der Waals surface area (Å²) < 4.78 is 1.08. The molecule has 3 heteroatoms. The number of aryl methyl sites for hydroxylation is 1. The Bertz CT molecular complexity index is 451. The quantitative estimate of drug-likeness (QED) is 0.829. The summed E-state index contributed by atoms with van der Waals surface area (Å²) in [4.78, 5) is 8.36. The Hall–Kier alpha value is -1.22. The highest BCUT2D eigenvalue weighted by Crippen LogP contribution is 2.22. The van der Waals surface area contributed by atoms with Gasteiger partial charge in [-0.05, 0) is 24.1 Å². The van der Waals surface area contributed by atoms with E-state index in [9.17, 15) is 0 Å². The fourth-order valence-corrected chi connectivity index (χ4v) is 1.75. The molecule has 0 amide bonds. The average molecular weight is 263 g/mol. The van der Waals surface area contributed by atoms with E-state index in [1.807, 2.05) is 18.3 Å². The van der Waals surface area contributed by atoms with Crippen LogP contribution in [0.15, 0.2) is 41.3 Å². The third-order valence-corrected chi connectivity index (χ3v) is 2.82. The first kappa shape index (κ1) is 10.3. The maximum atomic E-state index is 4.32. The van der Waals surface area contributed by atoms with Crippen LogP contribution in [0.4, 0.5) is 0 Å². The fourth-order valence-electron chi connectivity index (χ4n) is 1.48. The summed E-state index contributed by atoms with van der Waals surface area (Å²) in [6, 6.07) is 8.17. The van der Waals surface area contributed by atoms with Gasteiger partial charge in [-0.1, -0.05) is 35.0 Å². The topological polar surface area (TPSA) is 25.8 Å². The van der Waals surface area contributed by atoms with Crippen molar-refractivity contribution in [2.45, 2.75) is 13.3 Å². The van der Waals surface area contributed by atoms with Crippen molar-refractivity contribution in [3.05, 3.63) is 46.8 Å². The zero-order chi connectivity index (χ0) is 10.7. The van der Waals surface area contributed by atoms with Crippen LogP contribution < -0.4 is 0 Å². The SMILES string of the molecule is CCc1cncnc1-c1ccc(Br)cc1. The van der Waals surface area contributed by atoms with Gasteiger partial charge in [-0.15, -0.1) is 0 Å².